The van der Waals surface area contributed by atoms with Crippen LogP contribution in [0.4, 0.5) is 8.78 Å². The van der Waals surface area contributed by atoms with Crippen molar-refractivity contribution >= 4 is 21.7 Å². The second-order valence-corrected chi connectivity index (χ2v) is 5.77. The fourth-order valence-corrected chi connectivity index (χ4v) is 2.64. The number of aromatic carboxylic acids is 1. The summed E-state index contributed by atoms with van der Waals surface area (Å²) >= 11 is 0. The lowest BCUT2D eigenvalue weighted by Gasteiger charge is -2.07. The molecule has 21 heavy (non-hydrogen) atoms. The second-order valence-electron chi connectivity index (χ2n) is 3.82. The Morgan fingerprint density at radius 1 is 1.33 bits per heavy atom. The highest BCUT2D eigenvalue weighted by molar-refractivity contribution is 7.92. The number of carboxylic acids is 1. The summed E-state index contributed by atoms with van der Waals surface area (Å²) in [6.07, 6.45) is 4.86. The molecule has 1 amide bonds. The predicted octanol–water partition coefficient (Wildman–Crippen LogP) is 0.186. The maximum absolute atomic E-state index is 13.5. The molecule has 0 bridgehead atoms. The van der Waals surface area contributed by atoms with E-state index in [1.165, 1.54) is 0 Å². The third kappa shape index (κ3) is 4.00. The molecule has 0 saturated heterocycles. The lowest BCUT2D eigenvalue weighted by molar-refractivity contribution is -0.118. The highest BCUT2D eigenvalue weighted by Gasteiger charge is 2.26. The summed E-state index contributed by atoms with van der Waals surface area (Å²) in [5, 5.41) is 10.7. The molecule has 0 atom stereocenters. The number of carbonyl (C=O) groups is 2. The average molecular weight is 317 g/mol. The lowest BCUT2D eigenvalue weighted by atomic mass is 10.2. The summed E-state index contributed by atoms with van der Waals surface area (Å²) in [5.41, 5.74) is -0.753. The van der Waals surface area contributed by atoms with Crippen LogP contribution in [0.25, 0.3) is 0 Å². The van der Waals surface area contributed by atoms with E-state index in [2.05, 4.69) is 0 Å². The third-order valence-corrected chi connectivity index (χ3v) is 3.89. The summed E-state index contributed by atoms with van der Waals surface area (Å²) in [7, 11) is -4.56. The molecular formula is C12H9F2NO5S. The van der Waals surface area contributed by atoms with Crippen LogP contribution in [-0.2, 0) is 14.6 Å². The quantitative estimate of drug-likeness (QED) is 0.755. The number of hydrogen-bond donors (Lipinski definition) is 2. The van der Waals surface area contributed by atoms with Crippen LogP contribution in [0, 0.1) is 24.0 Å². The molecule has 1 aromatic rings. The zero-order chi connectivity index (χ0) is 16.2. The van der Waals surface area contributed by atoms with Crippen molar-refractivity contribution in [1.82, 2.24) is 5.32 Å². The van der Waals surface area contributed by atoms with Crippen LogP contribution in [0.1, 0.15) is 10.4 Å². The first-order valence-corrected chi connectivity index (χ1v) is 6.99. The minimum absolute atomic E-state index is 0.236. The number of terminal acetylenes is 1. The van der Waals surface area contributed by atoms with Crippen molar-refractivity contribution in [3.05, 3.63) is 29.3 Å². The molecule has 1 aromatic carbocycles. The molecule has 0 fully saturated rings. The number of amides is 1. The average Bonchev–Trinajstić information content (AvgIpc) is 2.38. The molecule has 9 heteroatoms. The van der Waals surface area contributed by atoms with Crippen molar-refractivity contribution in [2.24, 2.45) is 0 Å². The normalized spacial score (nSPS) is 10.7. The molecule has 1 rings (SSSR count). The van der Waals surface area contributed by atoms with E-state index in [1.807, 2.05) is 11.2 Å². The fourth-order valence-electron chi connectivity index (χ4n) is 1.36. The maximum Gasteiger partial charge on any atom is 0.335 e. The number of benzene rings is 1. The number of sulfone groups is 1. The van der Waals surface area contributed by atoms with Crippen LogP contribution in [-0.4, -0.2) is 37.7 Å². The van der Waals surface area contributed by atoms with Gasteiger partial charge in [-0.1, -0.05) is 5.92 Å². The Morgan fingerprint density at radius 2 is 1.95 bits per heavy atom. The van der Waals surface area contributed by atoms with Crippen molar-refractivity contribution in [3.8, 4) is 12.3 Å². The van der Waals surface area contributed by atoms with Gasteiger partial charge in [0.2, 0.25) is 5.91 Å². The summed E-state index contributed by atoms with van der Waals surface area (Å²) in [6.45, 7) is -0.236. The van der Waals surface area contributed by atoms with Crippen molar-refractivity contribution in [2.45, 2.75) is 4.90 Å². The lowest BCUT2D eigenvalue weighted by Crippen LogP contribution is -2.31. The van der Waals surface area contributed by atoms with Gasteiger partial charge in [-0.15, -0.1) is 6.42 Å². The Kier molecular flexibility index (Phi) is 4.99. The first-order valence-electron chi connectivity index (χ1n) is 5.34. The van der Waals surface area contributed by atoms with Crippen molar-refractivity contribution in [1.29, 1.82) is 0 Å². The van der Waals surface area contributed by atoms with Crippen molar-refractivity contribution in [2.75, 3.05) is 12.3 Å². The van der Waals surface area contributed by atoms with Gasteiger partial charge in [-0.3, -0.25) is 4.79 Å². The van der Waals surface area contributed by atoms with E-state index >= 15 is 0 Å². The topological polar surface area (TPSA) is 101 Å². The van der Waals surface area contributed by atoms with Gasteiger partial charge in [-0.25, -0.2) is 22.0 Å². The van der Waals surface area contributed by atoms with Crippen LogP contribution in [0.15, 0.2) is 17.0 Å². The molecule has 0 unspecified atom stereocenters. The monoisotopic (exact) mass is 317 g/mol. The van der Waals surface area contributed by atoms with E-state index in [0.29, 0.717) is 12.1 Å². The van der Waals surface area contributed by atoms with E-state index in [-0.39, 0.29) is 6.54 Å². The minimum Gasteiger partial charge on any atom is -0.478 e. The van der Waals surface area contributed by atoms with E-state index in [4.69, 9.17) is 11.5 Å². The molecule has 0 spiro atoms. The number of hydrogen-bond acceptors (Lipinski definition) is 4. The third-order valence-electron chi connectivity index (χ3n) is 2.29. The van der Waals surface area contributed by atoms with Crippen molar-refractivity contribution < 1.29 is 31.9 Å². The first kappa shape index (κ1) is 16.6. The van der Waals surface area contributed by atoms with Gasteiger partial charge in [0.1, 0.15) is 10.6 Å². The highest BCUT2D eigenvalue weighted by atomic mass is 32.2. The largest absolute Gasteiger partial charge is 0.478 e. The summed E-state index contributed by atoms with van der Waals surface area (Å²) in [5.74, 6) is -5.20. The van der Waals surface area contributed by atoms with E-state index in [1.54, 1.807) is 0 Å². The molecule has 6 nitrogen and oxygen atoms in total. The molecule has 0 aliphatic heterocycles. The van der Waals surface area contributed by atoms with Gasteiger partial charge in [0, 0.05) is 0 Å². The van der Waals surface area contributed by atoms with Crippen LogP contribution in [0.5, 0.6) is 0 Å². The van der Waals surface area contributed by atoms with Crippen LogP contribution < -0.4 is 5.32 Å². The molecule has 0 heterocycles. The molecule has 112 valence electrons. The van der Waals surface area contributed by atoms with E-state index in [0.717, 1.165) is 0 Å². The number of carboxylic acid groups (broad SMARTS) is 1. The SMILES string of the molecule is C#CCNC(=O)CS(=O)(=O)c1cc(C(=O)O)cc(F)c1F. The Bertz CT molecular complexity index is 737. The maximum atomic E-state index is 13.5. The van der Waals surface area contributed by atoms with Gasteiger partial charge in [0.15, 0.2) is 21.5 Å². The van der Waals surface area contributed by atoms with Crippen LogP contribution in [0.2, 0.25) is 0 Å². The first-order chi connectivity index (χ1) is 9.69. The number of nitrogens with one attached hydrogen (secondary N) is 1. The summed E-state index contributed by atoms with van der Waals surface area (Å²) in [4.78, 5) is 20.8. The molecular weight excluding hydrogens is 308 g/mol. The van der Waals surface area contributed by atoms with E-state index in [9.17, 15) is 26.8 Å². The van der Waals surface area contributed by atoms with Gasteiger partial charge < -0.3 is 10.4 Å². The Balaban J connectivity index is 3.22. The number of carbonyl (C=O) groups excluding carboxylic acids is 1. The zero-order valence-corrected chi connectivity index (χ0v) is 11.2. The molecule has 0 aromatic heterocycles. The van der Waals surface area contributed by atoms with Crippen LogP contribution in [0.3, 0.4) is 0 Å². The standard InChI is InChI=1S/C12H9F2NO5S/c1-2-3-15-10(16)6-21(19,20)9-5-7(12(17)18)4-8(13)11(9)14/h1,4-5H,3,6H2,(H,15,16)(H,17,18). The van der Waals surface area contributed by atoms with Gasteiger partial charge >= 0.3 is 5.97 Å². The number of rotatable bonds is 5. The van der Waals surface area contributed by atoms with Gasteiger partial charge in [-0.2, -0.15) is 0 Å². The van der Waals surface area contributed by atoms with Gasteiger partial charge in [-0.05, 0) is 12.1 Å². The van der Waals surface area contributed by atoms with Crippen molar-refractivity contribution in [3.63, 3.8) is 0 Å². The fraction of sp³-hybridized carbons (Fsp3) is 0.167. The predicted molar refractivity (Wildman–Crippen MR) is 67.2 cm³/mol. The Labute approximate surface area is 118 Å². The highest BCUT2D eigenvalue weighted by Crippen LogP contribution is 2.21. The molecule has 2 N–H and O–H groups in total. The van der Waals surface area contributed by atoms with E-state index < -0.39 is 49.6 Å². The summed E-state index contributed by atoms with van der Waals surface area (Å²) in [6, 6.07) is 0.791. The smallest absolute Gasteiger partial charge is 0.335 e. The second kappa shape index (κ2) is 6.32. The minimum atomic E-state index is -4.56. The number of halogens is 2. The Hall–Kier alpha value is -2.47. The van der Waals surface area contributed by atoms with Gasteiger partial charge in [0.25, 0.3) is 0 Å². The molecule has 0 saturated carbocycles. The zero-order valence-electron chi connectivity index (χ0n) is 10.4. The molecule has 0 aliphatic carbocycles. The van der Waals surface area contributed by atoms with Crippen LogP contribution >= 0.6 is 0 Å². The molecule has 0 aliphatic rings. The van der Waals surface area contributed by atoms with Gasteiger partial charge in [0.05, 0.1) is 12.1 Å². The molecule has 0 radical (unpaired) electrons. The Morgan fingerprint density at radius 3 is 2.48 bits per heavy atom. The summed E-state index contributed by atoms with van der Waals surface area (Å²) < 4.78 is 50.5.